The Morgan fingerprint density at radius 3 is 2.71 bits per heavy atom. The summed E-state index contributed by atoms with van der Waals surface area (Å²) in [5.41, 5.74) is 3.60. The van der Waals surface area contributed by atoms with Crippen molar-refractivity contribution in [3.8, 4) is 0 Å². The Bertz CT molecular complexity index is 894. The summed E-state index contributed by atoms with van der Waals surface area (Å²) in [7, 11) is 0. The molecule has 3 aromatic rings. The zero-order valence-corrected chi connectivity index (χ0v) is 14.9. The maximum absolute atomic E-state index is 4.64. The van der Waals surface area contributed by atoms with Crippen LogP contribution in [0, 0.1) is 6.92 Å². The van der Waals surface area contributed by atoms with Crippen molar-refractivity contribution in [3.05, 3.63) is 70.5 Å². The Morgan fingerprint density at radius 2 is 1.83 bits per heavy atom. The normalized spacial score (nSPS) is 13.0. The average molecular weight is 381 g/mol. The molecule has 0 atom stereocenters. The summed E-state index contributed by atoms with van der Waals surface area (Å²) in [4.78, 5) is 11.4. The van der Waals surface area contributed by atoms with Crippen molar-refractivity contribution in [2.24, 2.45) is 0 Å². The molecular formula is C19H17BrN4. The maximum Gasteiger partial charge on any atom is 0.138 e. The first-order chi connectivity index (χ1) is 11.7. The molecule has 0 bridgehead atoms. The van der Waals surface area contributed by atoms with E-state index in [1.807, 2.05) is 37.3 Å². The second-order valence-corrected chi connectivity index (χ2v) is 6.65. The number of benzene rings is 2. The lowest BCUT2D eigenvalue weighted by Gasteiger charge is -2.19. The van der Waals surface area contributed by atoms with Crippen LogP contribution in [0.15, 0.2) is 59.1 Å². The Hall–Kier alpha value is -2.40. The number of aromatic nitrogens is 2. The SMILES string of the molecule is Cc1nc(Nc2ccccc2Br)cc(N2CCc3ccccc32)n1. The molecule has 4 nitrogen and oxygen atoms in total. The predicted molar refractivity (Wildman–Crippen MR) is 101 cm³/mol. The zero-order valence-electron chi connectivity index (χ0n) is 13.3. The molecule has 0 amide bonds. The van der Waals surface area contributed by atoms with Crippen LogP contribution in [-0.4, -0.2) is 16.5 Å². The third-order valence-corrected chi connectivity index (χ3v) is 4.82. The highest BCUT2D eigenvalue weighted by molar-refractivity contribution is 9.10. The number of nitrogens with one attached hydrogen (secondary N) is 1. The quantitative estimate of drug-likeness (QED) is 0.694. The minimum atomic E-state index is 0.756. The first-order valence-corrected chi connectivity index (χ1v) is 8.73. The van der Waals surface area contributed by atoms with Gasteiger partial charge in [0.15, 0.2) is 0 Å². The van der Waals surface area contributed by atoms with Crippen molar-refractivity contribution in [1.82, 2.24) is 9.97 Å². The standard InChI is InChI=1S/C19H17BrN4/c1-13-21-18(23-16-8-4-3-7-15(16)20)12-19(22-13)24-11-10-14-6-2-5-9-17(14)24/h2-9,12H,10-11H2,1H3,(H,21,22,23). The van der Waals surface area contributed by atoms with Gasteiger partial charge < -0.3 is 10.2 Å². The third kappa shape index (κ3) is 2.87. The second kappa shape index (κ2) is 6.24. The summed E-state index contributed by atoms with van der Waals surface area (Å²) in [6.07, 6.45) is 1.05. The Kier molecular flexibility index (Phi) is 3.94. The van der Waals surface area contributed by atoms with Crippen molar-refractivity contribution in [1.29, 1.82) is 0 Å². The minimum Gasteiger partial charge on any atom is -0.339 e. The molecule has 2 aromatic carbocycles. The van der Waals surface area contributed by atoms with E-state index in [4.69, 9.17) is 0 Å². The van der Waals surface area contributed by atoms with Gasteiger partial charge in [-0.25, -0.2) is 9.97 Å². The van der Waals surface area contributed by atoms with Crippen molar-refractivity contribution in [2.75, 3.05) is 16.8 Å². The smallest absolute Gasteiger partial charge is 0.138 e. The molecule has 5 heteroatoms. The fourth-order valence-corrected chi connectivity index (χ4v) is 3.41. The van der Waals surface area contributed by atoms with E-state index in [1.165, 1.54) is 11.3 Å². The van der Waals surface area contributed by atoms with E-state index >= 15 is 0 Å². The van der Waals surface area contributed by atoms with Crippen molar-refractivity contribution < 1.29 is 0 Å². The van der Waals surface area contributed by atoms with E-state index in [9.17, 15) is 0 Å². The van der Waals surface area contributed by atoms with E-state index < -0.39 is 0 Å². The number of hydrogen-bond acceptors (Lipinski definition) is 4. The van der Waals surface area contributed by atoms with E-state index in [1.54, 1.807) is 0 Å². The molecule has 0 radical (unpaired) electrons. The lowest BCUT2D eigenvalue weighted by atomic mass is 10.2. The van der Waals surface area contributed by atoms with Crippen LogP contribution < -0.4 is 10.2 Å². The number of para-hydroxylation sites is 2. The lowest BCUT2D eigenvalue weighted by Crippen LogP contribution is -2.16. The molecule has 1 N–H and O–H groups in total. The van der Waals surface area contributed by atoms with Gasteiger partial charge in [-0.2, -0.15) is 0 Å². The summed E-state index contributed by atoms with van der Waals surface area (Å²) < 4.78 is 1.01. The first-order valence-electron chi connectivity index (χ1n) is 7.93. The molecule has 0 saturated heterocycles. The summed E-state index contributed by atoms with van der Waals surface area (Å²) in [6, 6.07) is 18.5. The molecular weight excluding hydrogens is 364 g/mol. The predicted octanol–water partition coefficient (Wildman–Crippen LogP) is 4.99. The van der Waals surface area contributed by atoms with Crippen molar-refractivity contribution in [2.45, 2.75) is 13.3 Å². The summed E-state index contributed by atoms with van der Waals surface area (Å²) in [5, 5.41) is 3.38. The monoisotopic (exact) mass is 380 g/mol. The fraction of sp³-hybridized carbons (Fsp3) is 0.158. The Balaban J connectivity index is 1.69. The Morgan fingerprint density at radius 1 is 1.04 bits per heavy atom. The molecule has 1 aliphatic rings. The lowest BCUT2D eigenvalue weighted by molar-refractivity contribution is 0.946. The molecule has 2 heterocycles. The number of anilines is 4. The van der Waals surface area contributed by atoms with Gasteiger partial charge in [-0.1, -0.05) is 30.3 Å². The van der Waals surface area contributed by atoms with Crippen molar-refractivity contribution in [3.63, 3.8) is 0 Å². The fourth-order valence-electron chi connectivity index (χ4n) is 3.03. The van der Waals surface area contributed by atoms with Crippen LogP contribution in [0.2, 0.25) is 0 Å². The topological polar surface area (TPSA) is 41.1 Å². The van der Waals surface area contributed by atoms with Gasteiger partial charge >= 0.3 is 0 Å². The molecule has 1 aliphatic heterocycles. The number of fused-ring (bicyclic) bond motifs is 1. The molecule has 0 saturated carbocycles. The van der Waals surface area contributed by atoms with Gasteiger partial charge in [0.25, 0.3) is 0 Å². The minimum absolute atomic E-state index is 0.756. The number of rotatable bonds is 3. The van der Waals surface area contributed by atoms with Gasteiger partial charge in [-0.05, 0) is 53.0 Å². The largest absolute Gasteiger partial charge is 0.339 e. The molecule has 4 rings (SSSR count). The van der Waals surface area contributed by atoms with E-state index in [-0.39, 0.29) is 0 Å². The van der Waals surface area contributed by atoms with Gasteiger partial charge in [0.2, 0.25) is 0 Å². The molecule has 24 heavy (non-hydrogen) atoms. The highest BCUT2D eigenvalue weighted by atomic mass is 79.9. The van der Waals surface area contributed by atoms with Crippen LogP contribution in [0.5, 0.6) is 0 Å². The van der Waals surface area contributed by atoms with Crippen LogP contribution in [0.3, 0.4) is 0 Å². The van der Waals surface area contributed by atoms with E-state index in [0.717, 1.165) is 40.6 Å². The van der Waals surface area contributed by atoms with Crippen LogP contribution in [0.1, 0.15) is 11.4 Å². The van der Waals surface area contributed by atoms with Crippen LogP contribution in [-0.2, 0) is 6.42 Å². The Labute approximate surface area is 149 Å². The van der Waals surface area contributed by atoms with E-state index in [0.29, 0.717) is 0 Å². The first kappa shape index (κ1) is 15.1. The summed E-state index contributed by atoms with van der Waals surface area (Å²) in [6.45, 7) is 2.88. The van der Waals surface area contributed by atoms with Gasteiger partial charge in [0.1, 0.15) is 17.5 Å². The van der Waals surface area contributed by atoms with Crippen molar-refractivity contribution >= 4 is 38.9 Å². The molecule has 120 valence electrons. The maximum atomic E-state index is 4.64. The van der Waals surface area contributed by atoms with Crippen LogP contribution in [0.4, 0.5) is 23.0 Å². The molecule has 0 spiro atoms. The average Bonchev–Trinajstić information content (AvgIpc) is 3.01. The second-order valence-electron chi connectivity index (χ2n) is 5.79. The number of aryl methyl sites for hydroxylation is 1. The molecule has 0 aliphatic carbocycles. The van der Waals surface area contributed by atoms with Gasteiger partial charge in [0.05, 0.1) is 5.69 Å². The van der Waals surface area contributed by atoms with Crippen LogP contribution >= 0.6 is 15.9 Å². The number of nitrogens with zero attached hydrogens (tertiary/aromatic N) is 3. The summed E-state index contributed by atoms with van der Waals surface area (Å²) >= 11 is 3.56. The van der Waals surface area contributed by atoms with Gasteiger partial charge in [-0.3, -0.25) is 0 Å². The number of halogens is 1. The highest BCUT2D eigenvalue weighted by Crippen LogP contribution is 2.34. The molecule has 0 fully saturated rings. The van der Waals surface area contributed by atoms with E-state index in [2.05, 4.69) is 60.4 Å². The van der Waals surface area contributed by atoms with Crippen LogP contribution in [0.25, 0.3) is 0 Å². The number of hydrogen-bond donors (Lipinski definition) is 1. The molecule has 0 unspecified atom stereocenters. The highest BCUT2D eigenvalue weighted by Gasteiger charge is 2.21. The third-order valence-electron chi connectivity index (χ3n) is 4.12. The van der Waals surface area contributed by atoms with Gasteiger partial charge in [-0.15, -0.1) is 0 Å². The van der Waals surface area contributed by atoms with Gasteiger partial charge in [0, 0.05) is 22.8 Å². The molecule has 1 aromatic heterocycles. The zero-order chi connectivity index (χ0) is 16.5. The summed E-state index contributed by atoms with van der Waals surface area (Å²) in [5.74, 6) is 2.49.